The molecule has 0 fully saturated rings. The highest BCUT2D eigenvalue weighted by Crippen LogP contribution is 2.13. The highest BCUT2D eigenvalue weighted by Gasteiger charge is 2.13. The number of hydrogen-bond donors (Lipinski definition) is 1. The Hall–Kier alpha value is -0.870. The molecule has 1 heterocycles. The molecule has 0 aliphatic carbocycles. The van der Waals surface area contributed by atoms with E-state index in [4.69, 9.17) is 4.74 Å². The van der Waals surface area contributed by atoms with Gasteiger partial charge in [0.05, 0.1) is 24.0 Å². The normalized spacial score (nSPS) is 13.1. The molecule has 4 nitrogen and oxygen atoms in total. The molecule has 4 heteroatoms. The van der Waals surface area contributed by atoms with Gasteiger partial charge in [-0.15, -0.1) is 0 Å². The van der Waals surface area contributed by atoms with E-state index >= 15 is 0 Å². The van der Waals surface area contributed by atoms with Gasteiger partial charge in [-0.2, -0.15) is 5.10 Å². The first-order chi connectivity index (χ1) is 6.69. The molecule has 80 valence electrons. The van der Waals surface area contributed by atoms with Crippen LogP contribution in [0.3, 0.4) is 0 Å². The number of nitrogens with zero attached hydrogens (tertiary/aromatic N) is 2. The molecule has 0 spiro atoms. The van der Waals surface area contributed by atoms with Crippen LogP contribution >= 0.6 is 0 Å². The number of aromatic nitrogens is 2. The van der Waals surface area contributed by atoms with Crippen LogP contribution in [0.15, 0.2) is 6.07 Å². The van der Waals surface area contributed by atoms with Gasteiger partial charge < -0.3 is 10.1 Å². The molecular formula is C10H19N3O. The van der Waals surface area contributed by atoms with Gasteiger partial charge in [0.1, 0.15) is 0 Å². The van der Waals surface area contributed by atoms with Crippen LogP contribution in [-0.2, 0) is 11.8 Å². The summed E-state index contributed by atoms with van der Waals surface area (Å²) in [5.74, 6) is 0. The lowest BCUT2D eigenvalue weighted by Crippen LogP contribution is -2.24. The fraction of sp³-hybridized carbons (Fsp3) is 0.700. The Morgan fingerprint density at radius 2 is 2.36 bits per heavy atom. The number of aryl methyl sites for hydroxylation is 2. The van der Waals surface area contributed by atoms with Crippen molar-refractivity contribution in [2.45, 2.75) is 19.9 Å². The van der Waals surface area contributed by atoms with Gasteiger partial charge in [0.25, 0.3) is 0 Å². The highest BCUT2D eigenvalue weighted by atomic mass is 16.5. The largest absolute Gasteiger partial charge is 0.380 e. The van der Waals surface area contributed by atoms with Crippen LogP contribution in [0, 0.1) is 6.92 Å². The number of ether oxygens (including phenoxy) is 1. The summed E-state index contributed by atoms with van der Waals surface area (Å²) in [6, 6.07) is 2.31. The zero-order chi connectivity index (χ0) is 10.6. The number of rotatable bonds is 5. The summed E-state index contributed by atoms with van der Waals surface area (Å²) < 4.78 is 7.30. The van der Waals surface area contributed by atoms with Crippen molar-refractivity contribution in [3.63, 3.8) is 0 Å². The van der Waals surface area contributed by atoms with E-state index in [2.05, 4.69) is 16.5 Å². The molecule has 0 saturated heterocycles. The van der Waals surface area contributed by atoms with Crippen LogP contribution in [0.5, 0.6) is 0 Å². The minimum Gasteiger partial charge on any atom is -0.380 e. The van der Waals surface area contributed by atoms with Gasteiger partial charge in [-0.1, -0.05) is 0 Å². The first kappa shape index (κ1) is 11.2. The summed E-state index contributed by atoms with van der Waals surface area (Å²) in [4.78, 5) is 0. The monoisotopic (exact) mass is 197 g/mol. The van der Waals surface area contributed by atoms with Crippen LogP contribution < -0.4 is 5.32 Å². The Morgan fingerprint density at radius 1 is 1.64 bits per heavy atom. The predicted octanol–water partition coefficient (Wildman–Crippen LogP) is 1.03. The van der Waals surface area contributed by atoms with Crippen LogP contribution in [0.1, 0.15) is 24.4 Å². The summed E-state index contributed by atoms with van der Waals surface area (Å²) in [5, 5.41) is 7.53. The van der Waals surface area contributed by atoms with Crippen molar-refractivity contribution in [1.29, 1.82) is 0 Å². The van der Waals surface area contributed by atoms with Crippen molar-refractivity contribution in [3.05, 3.63) is 17.5 Å². The topological polar surface area (TPSA) is 39.1 Å². The molecule has 0 radical (unpaired) electrons. The van der Waals surface area contributed by atoms with E-state index in [1.807, 2.05) is 32.6 Å². The van der Waals surface area contributed by atoms with E-state index < -0.39 is 0 Å². The van der Waals surface area contributed by atoms with Crippen molar-refractivity contribution in [3.8, 4) is 0 Å². The van der Waals surface area contributed by atoms with Crippen molar-refractivity contribution in [1.82, 2.24) is 15.1 Å². The van der Waals surface area contributed by atoms with Crippen molar-refractivity contribution in [2.24, 2.45) is 7.05 Å². The lowest BCUT2D eigenvalue weighted by molar-refractivity contribution is 0.123. The van der Waals surface area contributed by atoms with Crippen LogP contribution in [0.25, 0.3) is 0 Å². The number of likely N-dealkylation sites (N-methyl/N-ethyl adjacent to an activating group) is 1. The standard InChI is InChI=1S/C10H19N3O/c1-5-14-7-9(11-3)10-6-8(2)12-13(10)4/h6,9,11H,5,7H2,1-4H3. The molecule has 1 unspecified atom stereocenters. The van der Waals surface area contributed by atoms with Crippen LogP contribution in [0.2, 0.25) is 0 Å². The first-order valence-electron chi connectivity index (χ1n) is 4.94. The SMILES string of the molecule is CCOCC(NC)c1cc(C)nn1C. The van der Waals surface area contributed by atoms with Crippen LogP contribution in [0.4, 0.5) is 0 Å². The molecule has 0 saturated carbocycles. The van der Waals surface area contributed by atoms with Gasteiger partial charge in [0.15, 0.2) is 0 Å². The third kappa shape index (κ3) is 2.56. The Labute approximate surface area is 85.3 Å². The molecule has 0 bridgehead atoms. The van der Waals surface area contributed by atoms with E-state index in [0.29, 0.717) is 6.61 Å². The molecule has 0 aliphatic heterocycles. The number of hydrogen-bond acceptors (Lipinski definition) is 3. The van der Waals surface area contributed by atoms with Gasteiger partial charge >= 0.3 is 0 Å². The average Bonchev–Trinajstić information content (AvgIpc) is 2.47. The maximum Gasteiger partial charge on any atom is 0.0727 e. The second-order valence-electron chi connectivity index (χ2n) is 3.33. The molecule has 1 aromatic heterocycles. The van der Waals surface area contributed by atoms with Gasteiger partial charge in [-0.05, 0) is 27.0 Å². The second-order valence-corrected chi connectivity index (χ2v) is 3.33. The van der Waals surface area contributed by atoms with Crippen LogP contribution in [-0.4, -0.2) is 30.0 Å². The third-order valence-corrected chi connectivity index (χ3v) is 2.23. The molecule has 1 atom stereocenters. The minimum absolute atomic E-state index is 0.223. The zero-order valence-corrected chi connectivity index (χ0v) is 9.37. The minimum atomic E-state index is 0.223. The average molecular weight is 197 g/mol. The summed E-state index contributed by atoms with van der Waals surface area (Å²) in [5.41, 5.74) is 2.21. The van der Waals surface area contributed by atoms with Gasteiger partial charge in [0, 0.05) is 13.7 Å². The van der Waals surface area contributed by atoms with E-state index in [9.17, 15) is 0 Å². The molecule has 1 N–H and O–H groups in total. The fourth-order valence-corrected chi connectivity index (χ4v) is 1.51. The van der Waals surface area contributed by atoms with Gasteiger partial charge in [-0.3, -0.25) is 4.68 Å². The Morgan fingerprint density at radius 3 is 2.79 bits per heavy atom. The highest BCUT2D eigenvalue weighted by molar-refractivity contribution is 5.12. The Bertz CT molecular complexity index is 283. The van der Waals surface area contributed by atoms with Gasteiger partial charge in [0.2, 0.25) is 0 Å². The Balaban J connectivity index is 2.72. The van der Waals surface area contributed by atoms with Crippen molar-refractivity contribution < 1.29 is 4.74 Å². The second kappa shape index (κ2) is 5.12. The molecule has 1 aromatic rings. The van der Waals surface area contributed by atoms with Crippen molar-refractivity contribution in [2.75, 3.05) is 20.3 Å². The number of nitrogens with one attached hydrogen (secondary N) is 1. The predicted molar refractivity (Wildman–Crippen MR) is 56.2 cm³/mol. The lowest BCUT2D eigenvalue weighted by atomic mass is 10.2. The summed E-state index contributed by atoms with van der Waals surface area (Å²) in [6.45, 7) is 5.43. The molecular weight excluding hydrogens is 178 g/mol. The summed E-state index contributed by atoms with van der Waals surface area (Å²) in [7, 11) is 3.89. The lowest BCUT2D eigenvalue weighted by Gasteiger charge is -2.15. The van der Waals surface area contributed by atoms with Gasteiger partial charge in [-0.25, -0.2) is 0 Å². The zero-order valence-electron chi connectivity index (χ0n) is 9.37. The van der Waals surface area contributed by atoms with E-state index in [0.717, 1.165) is 12.3 Å². The van der Waals surface area contributed by atoms with E-state index in [-0.39, 0.29) is 6.04 Å². The van der Waals surface area contributed by atoms with E-state index in [1.165, 1.54) is 5.69 Å². The van der Waals surface area contributed by atoms with E-state index in [1.54, 1.807) is 0 Å². The summed E-state index contributed by atoms with van der Waals surface area (Å²) >= 11 is 0. The quantitative estimate of drug-likeness (QED) is 0.766. The Kier molecular flexibility index (Phi) is 4.10. The molecule has 0 aliphatic rings. The molecule has 14 heavy (non-hydrogen) atoms. The smallest absolute Gasteiger partial charge is 0.0727 e. The molecule has 1 rings (SSSR count). The first-order valence-corrected chi connectivity index (χ1v) is 4.94. The molecule has 0 aromatic carbocycles. The van der Waals surface area contributed by atoms with Crippen molar-refractivity contribution >= 4 is 0 Å². The maximum atomic E-state index is 5.40. The molecule has 0 amide bonds. The third-order valence-electron chi connectivity index (χ3n) is 2.23. The maximum absolute atomic E-state index is 5.40. The fourth-order valence-electron chi connectivity index (χ4n) is 1.51. The summed E-state index contributed by atoms with van der Waals surface area (Å²) in [6.07, 6.45) is 0.